The van der Waals surface area contributed by atoms with E-state index in [0.717, 1.165) is 59.7 Å². The third-order valence-electron chi connectivity index (χ3n) is 8.31. The Balaban J connectivity index is 1.38. The van der Waals surface area contributed by atoms with Crippen molar-refractivity contribution in [3.63, 3.8) is 0 Å². The molecule has 52 heavy (non-hydrogen) atoms. The monoisotopic (exact) mass is 792 g/mol. The van der Waals surface area contributed by atoms with Crippen LogP contribution in [0.4, 0.5) is 18.9 Å². The molecule has 1 aliphatic heterocycles. The summed E-state index contributed by atoms with van der Waals surface area (Å²) in [4.78, 5) is 27.4. The van der Waals surface area contributed by atoms with Gasteiger partial charge in [-0.05, 0) is 72.4 Å². The number of thioether (sulfide) groups is 2. The van der Waals surface area contributed by atoms with Gasteiger partial charge in [0.1, 0.15) is 4.70 Å². The van der Waals surface area contributed by atoms with Crippen molar-refractivity contribution in [2.45, 2.75) is 61.4 Å². The molecule has 5 rings (SSSR count). The number of benzene rings is 2. The number of anilines is 1. The number of aliphatic carboxylic acids is 1. The molecule has 0 spiro atoms. The zero-order chi connectivity index (χ0) is 37.7. The number of amides is 1. The van der Waals surface area contributed by atoms with Gasteiger partial charge in [0, 0.05) is 47.4 Å². The van der Waals surface area contributed by atoms with Crippen molar-refractivity contribution >= 4 is 78.7 Å². The van der Waals surface area contributed by atoms with Gasteiger partial charge in [-0.25, -0.2) is 13.1 Å². The number of fused-ring (bicyclic) bond motifs is 2. The van der Waals surface area contributed by atoms with Crippen LogP contribution in [0.3, 0.4) is 0 Å². The Hall–Kier alpha value is -3.57. The van der Waals surface area contributed by atoms with Crippen LogP contribution in [-0.2, 0) is 26.2 Å². The zero-order valence-electron chi connectivity index (χ0n) is 28.8. The highest BCUT2D eigenvalue weighted by Gasteiger charge is 2.45. The lowest BCUT2D eigenvalue weighted by molar-refractivity contribution is -0.666. The van der Waals surface area contributed by atoms with Crippen molar-refractivity contribution in [1.82, 2.24) is 10.0 Å². The van der Waals surface area contributed by atoms with Crippen LogP contribution in [0, 0.1) is 5.41 Å². The Bertz CT molecular complexity index is 2070. The van der Waals surface area contributed by atoms with Gasteiger partial charge in [-0.1, -0.05) is 67.3 Å². The van der Waals surface area contributed by atoms with E-state index in [1.165, 1.54) is 11.3 Å². The molecule has 2 aliphatic rings. The molecule has 0 unspecified atom stereocenters. The normalized spacial score (nSPS) is 17.7. The Labute approximate surface area is 313 Å². The Morgan fingerprint density at radius 3 is 2.62 bits per heavy atom. The number of rotatable bonds is 14. The summed E-state index contributed by atoms with van der Waals surface area (Å²) in [6.45, 7) is 4.84. The molecule has 0 radical (unpaired) electrons. The molecule has 1 amide bonds. The van der Waals surface area contributed by atoms with E-state index in [-0.39, 0.29) is 30.7 Å². The molecular weight excluding hydrogens is 754 g/mol. The molecule has 2 aromatic carbocycles. The summed E-state index contributed by atoms with van der Waals surface area (Å²) in [7, 11) is -5.45. The molecule has 2 N–H and O–H groups in total. The van der Waals surface area contributed by atoms with Gasteiger partial charge in [0.2, 0.25) is 11.4 Å². The second kappa shape index (κ2) is 16.6. The van der Waals surface area contributed by atoms with Crippen LogP contribution >= 0.6 is 34.9 Å². The fraction of sp³-hybridized carbons (Fsp3) is 0.361. The minimum absolute atomic E-state index is 0.0126. The number of carboxylic acid groups (broad SMARTS) is 1. The summed E-state index contributed by atoms with van der Waals surface area (Å²) < 4.78 is 66.2. The highest BCUT2D eigenvalue weighted by Crippen LogP contribution is 2.48. The second-order valence-corrected chi connectivity index (χ2v) is 17.8. The van der Waals surface area contributed by atoms with Gasteiger partial charge in [0.15, 0.2) is 6.54 Å². The molecule has 2 heterocycles. The average molecular weight is 793 g/mol. The van der Waals surface area contributed by atoms with Crippen LogP contribution < -0.4 is 24.6 Å². The van der Waals surface area contributed by atoms with E-state index < -0.39 is 28.0 Å². The van der Waals surface area contributed by atoms with Crippen LogP contribution in [0.15, 0.2) is 92.7 Å². The molecule has 1 aliphatic carbocycles. The lowest BCUT2D eigenvalue weighted by Gasteiger charge is -2.31. The van der Waals surface area contributed by atoms with Crippen molar-refractivity contribution in [1.29, 1.82) is 0 Å². The average Bonchev–Trinajstić information content (AvgIpc) is 3.59. The van der Waals surface area contributed by atoms with E-state index in [4.69, 9.17) is 0 Å². The standard InChI is InChI=1S/C36H39F3N4O5S4/c1-35(2)22-24(7-6-10-32-42(27-8-4-5-9-29(27)50-32)18-16-41-52(47,48)36(37,38)39)19-25(23-35)20-33-43(17-15-40-31(44)13-14-34(45)46)28-21-26(49-3)11-12-30(28)51-33/h4-12,19-21,41H,13-18,22-23H2,1-3H3,(H-,40,44,45,46). The van der Waals surface area contributed by atoms with Crippen LogP contribution in [0.2, 0.25) is 0 Å². The first kappa shape index (κ1) is 39.6. The van der Waals surface area contributed by atoms with Crippen molar-refractivity contribution in [2.75, 3.05) is 30.8 Å². The Morgan fingerprint density at radius 2 is 1.88 bits per heavy atom. The first-order valence-corrected chi connectivity index (χ1v) is 20.8. The number of carbonyl (C=O) groups excluding carboxylic acids is 2. The van der Waals surface area contributed by atoms with Gasteiger partial charge < -0.3 is 20.1 Å². The minimum Gasteiger partial charge on any atom is -0.550 e. The first-order chi connectivity index (χ1) is 24.5. The largest absolute Gasteiger partial charge is 0.550 e. The molecule has 0 bridgehead atoms. The SMILES string of the molecule is CSc1ccc2c(c1)N(CCNC(=O)CCC(=O)[O-])/C(=C/C1=CC(=C/C=C/c3sc4ccccc4[n+]3CCNS(=O)(=O)C(F)(F)F)/CC(C)(C)C1)S2. The number of nitrogens with one attached hydrogen (secondary N) is 2. The summed E-state index contributed by atoms with van der Waals surface area (Å²) in [6.07, 6.45) is 13.4. The first-order valence-electron chi connectivity index (χ1n) is 16.4. The van der Waals surface area contributed by atoms with E-state index >= 15 is 0 Å². The van der Waals surface area contributed by atoms with Crippen LogP contribution in [0.5, 0.6) is 0 Å². The third-order valence-corrected chi connectivity index (χ3v) is 12.5. The highest BCUT2D eigenvalue weighted by atomic mass is 32.2. The van der Waals surface area contributed by atoms with E-state index in [1.807, 2.05) is 53.3 Å². The van der Waals surface area contributed by atoms with E-state index in [1.54, 1.807) is 28.2 Å². The van der Waals surface area contributed by atoms with Crippen molar-refractivity contribution in [2.24, 2.45) is 5.41 Å². The highest BCUT2D eigenvalue weighted by molar-refractivity contribution is 8.03. The number of sulfonamides is 1. The van der Waals surface area contributed by atoms with Gasteiger partial charge in [-0.3, -0.25) is 4.79 Å². The van der Waals surface area contributed by atoms with Gasteiger partial charge in [-0.15, -0.1) is 11.8 Å². The van der Waals surface area contributed by atoms with Crippen LogP contribution in [-0.4, -0.2) is 51.7 Å². The number of alkyl halides is 3. The number of halogens is 3. The molecule has 16 heteroatoms. The van der Waals surface area contributed by atoms with Crippen molar-refractivity contribution < 1.29 is 40.9 Å². The molecule has 278 valence electrons. The van der Waals surface area contributed by atoms with E-state index in [9.17, 15) is 36.3 Å². The smallest absolute Gasteiger partial charge is 0.511 e. The number of hydrogen-bond donors (Lipinski definition) is 2. The van der Waals surface area contributed by atoms with Gasteiger partial charge in [-0.2, -0.15) is 17.7 Å². The summed E-state index contributed by atoms with van der Waals surface area (Å²) >= 11 is 4.76. The van der Waals surface area contributed by atoms with Crippen LogP contribution in [0.1, 0.15) is 44.5 Å². The zero-order valence-corrected chi connectivity index (χ0v) is 32.1. The predicted octanol–water partition coefficient (Wildman–Crippen LogP) is 6.14. The number of carboxylic acids is 1. The summed E-state index contributed by atoms with van der Waals surface area (Å²) in [5.41, 5.74) is -1.36. The molecule has 3 aromatic rings. The van der Waals surface area contributed by atoms with Gasteiger partial charge >= 0.3 is 15.5 Å². The third kappa shape index (κ3) is 10.1. The van der Waals surface area contributed by atoms with Crippen molar-refractivity contribution in [3.8, 4) is 0 Å². The fourth-order valence-corrected chi connectivity index (χ4v) is 9.26. The molecule has 9 nitrogen and oxygen atoms in total. The molecule has 0 saturated heterocycles. The summed E-state index contributed by atoms with van der Waals surface area (Å²) in [6, 6.07) is 13.8. The lowest BCUT2D eigenvalue weighted by atomic mass is 9.75. The number of carbonyl (C=O) groups is 2. The molecule has 0 saturated carbocycles. The maximum Gasteiger partial charge on any atom is 0.511 e. The lowest BCUT2D eigenvalue weighted by Crippen LogP contribution is -2.44. The number of thiazole rings is 1. The topological polar surface area (TPSA) is 123 Å². The second-order valence-electron chi connectivity index (χ2n) is 13.0. The quantitative estimate of drug-likeness (QED) is 0.148. The number of aromatic nitrogens is 1. The van der Waals surface area contributed by atoms with Crippen molar-refractivity contribution in [3.05, 3.63) is 88.0 Å². The molecule has 1 aromatic heterocycles. The number of hydrogen-bond acceptors (Lipinski definition) is 9. The molecular formula is C36H39F3N4O5S4. The van der Waals surface area contributed by atoms with Gasteiger partial charge in [0.25, 0.3) is 5.01 Å². The Kier molecular flexibility index (Phi) is 12.7. The van der Waals surface area contributed by atoms with Crippen LogP contribution in [0.25, 0.3) is 16.3 Å². The fourth-order valence-electron chi connectivity index (χ4n) is 6.06. The number of allylic oxidation sites excluding steroid dienone is 6. The number of nitrogens with zero attached hydrogens (tertiary/aromatic N) is 2. The maximum atomic E-state index is 12.9. The van der Waals surface area contributed by atoms with E-state index in [0.29, 0.717) is 13.1 Å². The predicted molar refractivity (Wildman–Crippen MR) is 200 cm³/mol. The maximum absolute atomic E-state index is 12.9. The summed E-state index contributed by atoms with van der Waals surface area (Å²) in [5, 5.41) is 15.4. The summed E-state index contributed by atoms with van der Waals surface area (Å²) in [5.74, 6) is -1.60. The van der Waals surface area contributed by atoms with E-state index in [2.05, 4.69) is 54.4 Å². The number of para-hydroxylation sites is 1. The molecule has 0 atom stereocenters. The Morgan fingerprint density at radius 1 is 1.12 bits per heavy atom. The van der Waals surface area contributed by atoms with Gasteiger partial charge in [0.05, 0.1) is 17.3 Å². The minimum atomic E-state index is -5.45. The molecule has 0 fully saturated rings.